The van der Waals surface area contributed by atoms with Crippen molar-refractivity contribution in [3.8, 4) is 0 Å². The van der Waals surface area contributed by atoms with E-state index in [9.17, 15) is 13.2 Å². The first-order chi connectivity index (χ1) is 9.85. The van der Waals surface area contributed by atoms with Crippen LogP contribution < -0.4 is 5.32 Å². The monoisotopic (exact) mass is 351 g/mol. The maximum absolute atomic E-state index is 12.2. The SMILES string of the molecule is FC(F)(F)Sc1ccc(CNc2cccc(Cl)c2Cl)cc1. The van der Waals surface area contributed by atoms with E-state index in [1.807, 2.05) is 0 Å². The molecule has 0 amide bonds. The van der Waals surface area contributed by atoms with Gasteiger partial charge in [0.05, 0.1) is 15.7 Å². The number of hydrogen-bond donors (Lipinski definition) is 1. The fourth-order valence-corrected chi connectivity index (χ4v) is 2.55. The van der Waals surface area contributed by atoms with E-state index in [0.29, 0.717) is 22.3 Å². The average Bonchev–Trinajstić information content (AvgIpc) is 2.40. The van der Waals surface area contributed by atoms with Crippen LogP contribution in [-0.2, 0) is 6.54 Å². The zero-order valence-corrected chi connectivity index (χ0v) is 12.9. The van der Waals surface area contributed by atoms with Gasteiger partial charge in [-0.3, -0.25) is 0 Å². The molecule has 0 radical (unpaired) electrons. The van der Waals surface area contributed by atoms with Gasteiger partial charge < -0.3 is 5.32 Å². The lowest BCUT2D eigenvalue weighted by Gasteiger charge is -2.10. The van der Waals surface area contributed by atoms with E-state index in [1.165, 1.54) is 12.1 Å². The largest absolute Gasteiger partial charge is 0.446 e. The minimum Gasteiger partial charge on any atom is -0.380 e. The van der Waals surface area contributed by atoms with Crippen LogP contribution >= 0.6 is 35.0 Å². The van der Waals surface area contributed by atoms with Gasteiger partial charge in [0.25, 0.3) is 0 Å². The van der Waals surface area contributed by atoms with Crippen molar-refractivity contribution in [1.82, 2.24) is 0 Å². The van der Waals surface area contributed by atoms with Crippen LogP contribution in [0.2, 0.25) is 10.0 Å². The number of hydrogen-bond acceptors (Lipinski definition) is 2. The second kappa shape index (κ2) is 6.81. The molecule has 0 unspecified atom stereocenters. The number of anilines is 1. The molecule has 2 aromatic rings. The predicted octanol–water partition coefficient (Wildman–Crippen LogP) is 6.22. The van der Waals surface area contributed by atoms with Crippen molar-refractivity contribution >= 4 is 40.7 Å². The summed E-state index contributed by atoms with van der Waals surface area (Å²) in [6.07, 6.45) is 0. The third-order valence-corrected chi connectivity index (χ3v) is 4.15. The summed E-state index contributed by atoms with van der Waals surface area (Å²) < 4.78 is 36.7. The van der Waals surface area contributed by atoms with E-state index in [1.54, 1.807) is 30.3 Å². The maximum Gasteiger partial charge on any atom is 0.446 e. The van der Waals surface area contributed by atoms with Gasteiger partial charge in [0.2, 0.25) is 0 Å². The molecule has 0 atom stereocenters. The number of alkyl halides is 3. The third kappa shape index (κ3) is 5.02. The molecule has 0 saturated heterocycles. The van der Waals surface area contributed by atoms with Crippen molar-refractivity contribution in [3.05, 3.63) is 58.1 Å². The lowest BCUT2D eigenvalue weighted by atomic mass is 10.2. The summed E-state index contributed by atoms with van der Waals surface area (Å²) in [5, 5.41) is 3.96. The topological polar surface area (TPSA) is 12.0 Å². The molecular weight excluding hydrogens is 342 g/mol. The lowest BCUT2D eigenvalue weighted by molar-refractivity contribution is -0.0328. The highest BCUT2D eigenvalue weighted by molar-refractivity contribution is 8.00. The minimum atomic E-state index is -4.27. The molecular formula is C14H10Cl2F3NS. The van der Waals surface area contributed by atoms with Gasteiger partial charge in [-0.05, 0) is 41.6 Å². The van der Waals surface area contributed by atoms with Crippen molar-refractivity contribution < 1.29 is 13.2 Å². The molecule has 2 rings (SSSR count). The zero-order chi connectivity index (χ0) is 15.5. The first-order valence-corrected chi connectivity index (χ1v) is 7.45. The number of nitrogens with one attached hydrogen (secondary N) is 1. The van der Waals surface area contributed by atoms with Crippen molar-refractivity contribution in [2.45, 2.75) is 16.9 Å². The molecule has 0 aliphatic heterocycles. The summed E-state index contributed by atoms with van der Waals surface area (Å²) in [7, 11) is 0. The molecule has 0 bridgehead atoms. The van der Waals surface area contributed by atoms with Gasteiger partial charge in [-0.15, -0.1) is 0 Å². The molecule has 0 spiro atoms. The number of thioether (sulfide) groups is 1. The van der Waals surface area contributed by atoms with Crippen molar-refractivity contribution in [2.75, 3.05) is 5.32 Å². The smallest absolute Gasteiger partial charge is 0.380 e. The van der Waals surface area contributed by atoms with E-state index in [-0.39, 0.29) is 16.7 Å². The maximum atomic E-state index is 12.2. The molecule has 21 heavy (non-hydrogen) atoms. The fourth-order valence-electron chi connectivity index (χ4n) is 1.65. The Morgan fingerprint density at radius 2 is 1.67 bits per heavy atom. The third-order valence-electron chi connectivity index (χ3n) is 2.59. The van der Waals surface area contributed by atoms with Crippen LogP contribution in [0.5, 0.6) is 0 Å². The molecule has 0 saturated carbocycles. The number of benzene rings is 2. The van der Waals surface area contributed by atoms with Gasteiger partial charge in [-0.25, -0.2) is 0 Å². The Hall–Kier alpha value is -1.04. The summed E-state index contributed by atoms with van der Waals surface area (Å²) in [5.41, 5.74) is -2.75. The number of halogens is 5. The Bertz CT molecular complexity index is 615. The van der Waals surface area contributed by atoms with Crippen LogP contribution in [0.25, 0.3) is 0 Å². The van der Waals surface area contributed by atoms with E-state index < -0.39 is 5.51 Å². The molecule has 1 N–H and O–H groups in total. The van der Waals surface area contributed by atoms with Gasteiger partial charge in [-0.1, -0.05) is 41.4 Å². The Labute approximate surface area is 134 Å². The van der Waals surface area contributed by atoms with Gasteiger partial charge in [0.15, 0.2) is 0 Å². The summed E-state index contributed by atoms with van der Waals surface area (Å²) in [6, 6.07) is 11.4. The van der Waals surface area contributed by atoms with Gasteiger partial charge in [-0.2, -0.15) is 13.2 Å². The number of rotatable bonds is 4. The molecule has 0 aliphatic rings. The van der Waals surface area contributed by atoms with Crippen molar-refractivity contribution in [2.24, 2.45) is 0 Å². The second-order valence-corrected chi connectivity index (χ2v) is 6.07. The van der Waals surface area contributed by atoms with E-state index >= 15 is 0 Å². The molecule has 7 heteroatoms. The first-order valence-electron chi connectivity index (χ1n) is 5.88. The van der Waals surface area contributed by atoms with Crippen LogP contribution in [0.1, 0.15) is 5.56 Å². The molecule has 0 heterocycles. The van der Waals surface area contributed by atoms with Crippen LogP contribution in [0.15, 0.2) is 47.4 Å². The van der Waals surface area contributed by atoms with Gasteiger partial charge in [0.1, 0.15) is 0 Å². The Kier molecular flexibility index (Phi) is 5.30. The highest BCUT2D eigenvalue weighted by atomic mass is 35.5. The summed E-state index contributed by atoms with van der Waals surface area (Å²) in [5.74, 6) is 0. The highest BCUT2D eigenvalue weighted by Crippen LogP contribution is 2.36. The lowest BCUT2D eigenvalue weighted by Crippen LogP contribution is -2.01. The minimum absolute atomic E-state index is 0.131. The molecule has 0 aliphatic carbocycles. The predicted molar refractivity (Wildman–Crippen MR) is 82.1 cm³/mol. The molecule has 0 aromatic heterocycles. The fraction of sp³-hybridized carbons (Fsp3) is 0.143. The van der Waals surface area contributed by atoms with Gasteiger partial charge in [0, 0.05) is 11.4 Å². The second-order valence-electron chi connectivity index (χ2n) is 4.15. The van der Waals surface area contributed by atoms with Crippen LogP contribution in [0, 0.1) is 0 Å². The van der Waals surface area contributed by atoms with Crippen LogP contribution in [0.3, 0.4) is 0 Å². The molecule has 0 fully saturated rings. The first kappa shape index (κ1) is 16.3. The summed E-state index contributed by atoms with van der Waals surface area (Å²) in [4.78, 5) is 0.159. The van der Waals surface area contributed by atoms with Crippen molar-refractivity contribution in [1.29, 1.82) is 0 Å². The zero-order valence-electron chi connectivity index (χ0n) is 10.5. The average molecular weight is 352 g/mol. The van der Waals surface area contributed by atoms with E-state index in [4.69, 9.17) is 23.2 Å². The summed E-state index contributed by atoms with van der Waals surface area (Å²) in [6.45, 7) is 0.441. The Morgan fingerprint density at radius 3 is 2.29 bits per heavy atom. The quantitative estimate of drug-likeness (QED) is 0.656. The molecule has 2 aromatic carbocycles. The van der Waals surface area contributed by atoms with Crippen LogP contribution in [-0.4, -0.2) is 5.51 Å². The van der Waals surface area contributed by atoms with E-state index in [0.717, 1.165) is 5.56 Å². The highest BCUT2D eigenvalue weighted by Gasteiger charge is 2.28. The van der Waals surface area contributed by atoms with Gasteiger partial charge >= 0.3 is 5.51 Å². The Morgan fingerprint density at radius 1 is 1.00 bits per heavy atom. The van der Waals surface area contributed by atoms with E-state index in [2.05, 4.69) is 5.32 Å². The standard InChI is InChI=1S/C14H10Cl2F3NS/c15-11-2-1-3-12(13(11)16)20-8-9-4-6-10(7-5-9)21-14(17,18)19/h1-7,20H,8H2. The normalized spacial score (nSPS) is 11.5. The van der Waals surface area contributed by atoms with Crippen molar-refractivity contribution in [3.63, 3.8) is 0 Å². The Balaban J connectivity index is 1.99. The molecule has 1 nitrogen and oxygen atoms in total. The summed E-state index contributed by atoms with van der Waals surface area (Å²) >= 11 is 11.8. The molecule has 112 valence electrons. The van der Waals surface area contributed by atoms with Crippen LogP contribution in [0.4, 0.5) is 18.9 Å².